The molecular weight excluding hydrogens is 285 g/mol. The summed E-state index contributed by atoms with van der Waals surface area (Å²) in [5, 5.41) is 0. The second kappa shape index (κ2) is 4.88. The molecule has 0 nitrogen and oxygen atoms in total. The number of halogens is 3. The Bertz CT molecular complexity index is 297. The SMILES string of the molecule is CCCCc1ccc(I)c(F)c1F. The zero-order valence-electron chi connectivity index (χ0n) is 7.41. The maximum absolute atomic E-state index is 13.2. The van der Waals surface area contributed by atoms with Crippen LogP contribution in [0.3, 0.4) is 0 Å². The molecule has 0 N–H and O–H groups in total. The van der Waals surface area contributed by atoms with Gasteiger partial charge in [0.05, 0.1) is 3.57 Å². The molecule has 13 heavy (non-hydrogen) atoms. The van der Waals surface area contributed by atoms with Gasteiger partial charge >= 0.3 is 0 Å². The van der Waals surface area contributed by atoms with Gasteiger partial charge in [-0.25, -0.2) is 8.78 Å². The summed E-state index contributed by atoms with van der Waals surface area (Å²) in [5.41, 5.74) is 0.486. The van der Waals surface area contributed by atoms with E-state index >= 15 is 0 Å². The Labute approximate surface area is 90.5 Å². The standard InChI is InChI=1S/C10H11F2I/c1-2-3-4-7-5-6-8(13)10(12)9(7)11/h5-6H,2-4H2,1H3. The summed E-state index contributed by atoms with van der Waals surface area (Å²) in [6.45, 7) is 2.03. The molecular formula is C10H11F2I. The van der Waals surface area contributed by atoms with Crippen LogP contribution in [0.5, 0.6) is 0 Å². The average molecular weight is 296 g/mol. The number of hydrogen-bond acceptors (Lipinski definition) is 0. The fraction of sp³-hybridized carbons (Fsp3) is 0.400. The minimum absolute atomic E-state index is 0.343. The van der Waals surface area contributed by atoms with Crippen LogP contribution in [-0.2, 0) is 6.42 Å². The molecule has 1 aromatic rings. The second-order valence-electron chi connectivity index (χ2n) is 2.94. The van der Waals surface area contributed by atoms with Crippen LogP contribution in [0.2, 0.25) is 0 Å². The lowest BCUT2D eigenvalue weighted by atomic mass is 10.1. The predicted octanol–water partition coefficient (Wildman–Crippen LogP) is 3.91. The molecule has 0 aromatic heterocycles. The number of benzene rings is 1. The van der Waals surface area contributed by atoms with E-state index in [1.807, 2.05) is 6.92 Å². The van der Waals surface area contributed by atoms with E-state index in [0.717, 1.165) is 12.8 Å². The summed E-state index contributed by atoms with van der Waals surface area (Å²) in [5.74, 6) is -1.39. The molecule has 72 valence electrons. The number of unbranched alkanes of at least 4 members (excludes halogenated alkanes) is 1. The maximum atomic E-state index is 13.2. The predicted molar refractivity (Wildman–Crippen MR) is 57.7 cm³/mol. The molecule has 1 rings (SSSR count). The molecule has 0 amide bonds. The topological polar surface area (TPSA) is 0 Å². The average Bonchev–Trinajstić information content (AvgIpc) is 2.13. The van der Waals surface area contributed by atoms with Gasteiger partial charge in [0.25, 0.3) is 0 Å². The monoisotopic (exact) mass is 296 g/mol. The minimum Gasteiger partial charge on any atom is -0.203 e. The van der Waals surface area contributed by atoms with Crippen molar-refractivity contribution in [1.29, 1.82) is 0 Å². The van der Waals surface area contributed by atoms with Gasteiger partial charge in [-0.1, -0.05) is 19.4 Å². The highest BCUT2D eigenvalue weighted by Crippen LogP contribution is 2.19. The van der Waals surface area contributed by atoms with Gasteiger partial charge in [-0.15, -0.1) is 0 Å². The van der Waals surface area contributed by atoms with Crippen LogP contribution in [0.25, 0.3) is 0 Å². The zero-order chi connectivity index (χ0) is 9.84. The van der Waals surface area contributed by atoms with Gasteiger partial charge in [0.2, 0.25) is 0 Å². The Morgan fingerprint density at radius 2 is 1.92 bits per heavy atom. The third-order valence-electron chi connectivity index (χ3n) is 1.91. The summed E-state index contributed by atoms with van der Waals surface area (Å²) >= 11 is 1.79. The maximum Gasteiger partial charge on any atom is 0.172 e. The Hall–Kier alpha value is -0.190. The highest BCUT2D eigenvalue weighted by atomic mass is 127. The first-order valence-electron chi connectivity index (χ1n) is 4.29. The number of hydrogen-bond donors (Lipinski definition) is 0. The van der Waals surface area contributed by atoms with Crippen LogP contribution in [-0.4, -0.2) is 0 Å². The fourth-order valence-corrected chi connectivity index (χ4v) is 1.54. The molecule has 0 aliphatic heterocycles. The first-order chi connectivity index (χ1) is 6.16. The van der Waals surface area contributed by atoms with Crippen LogP contribution in [0.1, 0.15) is 25.3 Å². The van der Waals surface area contributed by atoms with E-state index in [1.165, 1.54) is 0 Å². The molecule has 0 spiro atoms. The summed E-state index contributed by atoms with van der Waals surface area (Å²) in [6.07, 6.45) is 2.51. The van der Waals surface area contributed by atoms with Gasteiger partial charge in [0, 0.05) is 0 Å². The molecule has 0 atom stereocenters. The van der Waals surface area contributed by atoms with Gasteiger partial charge in [0.1, 0.15) is 0 Å². The first-order valence-corrected chi connectivity index (χ1v) is 5.37. The van der Waals surface area contributed by atoms with E-state index in [1.54, 1.807) is 34.7 Å². The van der Waals surface area contributed by atoms with Crippen molar-refractivity contribution in [1.82, 2.24) is 0 Å². The van der Waals surface area contributed by atoms with Crippen molar-refractivity contribution in [3.63, 3.8) is 0 Å². The molecule has 0 fully saturated rings. The smallest absolute Gasteiger partial charge is 0.172 e. The van der Waals surface area contributed by atoms with E-state index in [2.05, 4.69) is 0 Å². The van der Waals surface area contributed by atoms with Gasteiger partial charge in [-0.05, 0) is 47.1 Å². The Morgan fingerprint density at radius 1 is 1.23 bits per heavy atom. The summed E-state index contributed by atoms with van der Waals surface area (Å²) < 4.78 is 26.6. The minimum atomic E-state index is -0.714. The summed E-state index contributed by atoms with van der Waals surface area (Å²) in [4.78, 5) is 0. The van der Waals surface area contributed by atoms with Crippen molar-refractivity contribution in [3.05, 3.63) is 32.9 Å². The Kier molecular flexibility index (Phi) is 4.09. The number of rotatable bonds is 3. The Balaban J connectivity index is 2.90. The van der Waals surface area contributed by atoms with E-state index in [4.69, 9.17) is 0 Å². The third kappa shape index (κ3) is 2.62. The summed E-state index contributed by atoms with van der Waals surface area (Å²) in [7, 11) is 0. The van der Waals surface area contributed by atoms with E-state index in [9.17, 15) is 8.78 Å². The lowest BCUT2D eigenvalue weighted by Crippen LogP contribution is -1.96. The lowest BCUT2D eigenvalue weighted by molar-refractivity contribution is 0.492. The van der Waals surface area contributed by atoms with Crippen LogP contribution in [0.4, 0.5) is 8.78 Å². The van der Waals surface area contributed by atoms with E-state index in [0.29, 0.717) is 15.6 Å². The number of aryl methyl sites for hydroxylation is 1. The van der Waals surface area contributed by atoms with Crippen LogP contribution >= 0.6 is 22.6 Å². The van der Waals surface area contributed by atoms with Gasteiger partial charge in [-0.2, -0.15) is 0 Å². The van der Waals surface area contributed by atoms with E-state index < -0.39 is 11.6 Å². The van der Waals surface area contributed by atoms with Crippen molar-refractivity contribution in [2.24, 2.45) is 0 Å². The summed E-state index contributed by atoms with van der Waals surface area (Å²) in [6, 6.07) is 3.28. The largest absolute Gasteiger partial charge is 0.203 e. The molecule has 0 saturated carbocycles. The van der Waals surface area contributed by atoms with Crippen molar-refractivity contribution >= 4 is 22.6 Å². The first kappa shape index (κ1) is 10.9. The van der Waals surface area contributed by atoms with E-state index in [-0.39, 0.29) is 0 Å². The van der Waals surface area contributed by atoms with Gasteiger partial charge in [0.15, 0.2) is 11.6 Å². The molecule has 0 unspecified atom stereocenters. The van der Waals surface area contributed by atoms with Crippen molar-refractivity contribution in [2.45, 2.75) is 26.2 Å². The normalized spacial score (nSPS) is 10.5. The molecule has 1 aromatic carbocycles. The van der Waals surface area contributed by atoms with Gasteiger partial charge < -0.3 is 0 Å². The van der Waals surface area contributed by atoms with Gasteiger partial charge in [-0.3, -0.25) is 0 Å². The molecule has 0 bridgehead atoms. The van der Waals surface area contributed by atoms with Crippen molar-refractivity contribution in [2.75, 3.05) is 0 Å². The second-order valence-corrected chi connectivity index (χ2v) is 4.10. The van der Waals surface area contributed by atoms with Crippen LogP contribution < -0.4 is 0 Å². The molecule has 0 aliphatic carbocycles. The zero-order valence-corrected chi connectivity index (χ0v) is 9.57. The highest BCUT2D eigenvalue weighted by Gasteiger charge is 2.10. The highest BCUT2D eigenvalue weighted by molar-refractivity contribution is 14.1. The Morgan fingerprint density at radius 3 is 2.54 bits per heavy atom. The van der Waals surface area contributed by atoms with Crippen molar-refractivity contribution < 1.29 is 8.78 Å². The van der Waals surface area contributed by atoms with Crippen molar-refractivity contribution in [3.8, 4) is 0 Å². The van der Waals surface area contributed by atoms with Crippen LogP contribution in [0, 0.1) is 15.2 Å². The molecule has 0 radical (unpaired) electrons. The molecule has 0 heterocycles. The quantitative estimate of drug-likeness (QED) is 0.586. The fourth-order valence-electron chi connectivity index (χ4n) is 1.13. The molecule has 0 saturated heterocycles. The molecule has 3 heteroatoms. The van der Waals surface area contributed by atoms with Crippen LogP contribution in [0.15, 0.2) is 12.1 Å². The molecule has 0 aliphatic rings. The lowest BCUT2D eigenvalue weighted by Gasteiger charge is -2.03. The third-order valence-corrected chi connectivity index (χ3v) is 2.75.